The van der Waals surface area contributed by atoms with Crippen LogP contribution in [0.2, 0.25) is 0 Å². The van der Waals surface area contributed by atoms with Crippen LogP contribution in [0, 0.1) is 6.92 Å². The van der Waals surface area contributed by atoms with Gasteiger partial charge in [0, 0.05) is 13.1 Å². The summed E-state index contributed by atoms with van der Waals surface area (Å²) in [7, 11) is -3.72. The molecule has 0 heterocycles. The SMILES string of the molecule is CCNS(=O)(=O)c1ccc(C)c(C(=O)OCC(=O)NCCc2ccc(OCC)c(OCC)c2)c1. The maximum absolute atomic E-state index is 12.4. The monoisotopic (exact) mass is 492 g/mol. The second-order valence-corrected chi connectivity index (χ2v) is 9.07. The van der Waals surface area contributed by atoms with Crippen LogP contribution >= 0.6 is 0 Å². The van der Waals surface area contributed by atoms with E-state index in [1.54, 1.807) is 13.8 Å². The van der Waals surface area contributed by atoms with Crippen LogP contribution in [0.4, 0.5) is 0 Å². The summed E-state index contributed by atoms with van der Waals surface area (Å²) in [4.78, 5) is 24.5. The maximum Gasteiger partial charge on any atom is 0.338 e. The molecule has 10 heteroatoms. The zero-order valence-electron chi connectivity index (χ0n) is 20.0. The summed E-state index contributed by atoms with van der Waals surface area (Å²) in [6.45, 7) is 8.23. The Hall–Kier alpha value is -3.11. The number of hydrogen-bond donors (Lipinski definition) is 2. The Balaban J connectivity index is 1.90. The lowest BCUT2D eigenvalue weighted by molar-refractivity contribution is -0.124. The quantitative estimate of drug-likeness (QED) is 0.413. The number of ether oxygens (including phenoxy) is 3. The highest BCUT2D eigenvalue weighted by Gasteiger charge is 2.19. The summed E-state index contributed by atoms with van der Waals surface area (Å²) in [5, 5.41) is 2.70. The van der Waals surface area contributed by atoms with Crippen molar-refractivity contribution in [3.63, 3.8) is 0 Å². The molecule has 0 spiro atoms. The topological polar surface area (TPSA) is 120 Å². The number of benzene rings is 2. The first-order valence-electron chi connectivity index (χ1n) is 11.1. The summed E-state index contributed by atoms with van der Waals surface area (Å²) < 4.78 is 43.0. The Morgan fingerprint density at radius 1 is 0.941 bits per heavy atom. The van der Waals surface area contributed by atoms with E-state index < -0.39 is 28.5 Å². The zero-order chi connectivity index (χ0) is 25.1. The van der Waals surface area contributed by atoms with E-state index in [9.17, 15) is 18.0 Å². The summed E-state index contributed by atoms with van der Waals surface area (Å²) in [6, 6.07) is 9.78. The second kappa shape index (κ2) is 13.0. The molecule has 0 aliphatic heterocycles. The molecule has 2 rings (SSSR count). The number of carbonyl (C=O) groups excluding carboxylic acids is 2. The Bertz CT molecular complexity index is 1100. The van der Waals surface area contributed by atoms with E-state index in [2.05, 4.69) is 10.0 Å². The first-order valence-corrected chi connectivity index (χ1v) is 12.6. The Kier molecular flexibility index (Phi) is 10.3. The number of carbonyl (C=O) groups is 2. The third-order valence-corrected chi connectivity index (χ3v) is 6.29. The second-order valence-electron chi connectivity index (χ2n) is 7.30. The van der Waals surface area contributed by atoms with E-state index in [0.717, 1.165) is 5.56 Å². The van der Waals surface area contributed by atoms with Gasteiger partial charge in [0.25, 0.3) is 5.91 Å². The van der Waals surface area contributed by atoms with Crippen molar-refractivity contribution < 1.29 is 32.2 Å². The molecule has 0 atom stereocenters. The van der Waals surface area contributed by atoms with Crippen LogP contribution in [0.1, 0.15) is 42.3 Å². The van der Waals surface area contributed by atoms with E-state index in [-0.39, 0.29) is 17.0 Å². The molecule has 0 saturated carbocycles. The van der Waals surface area contributed by atoms with Gasteiger partial charge in [0.2, 0.25) is 10.0 Å². The lowest BCUT2D eigenvalue weighted by Crippen LogP contribution is -2.30. The van der Waals surface area contributed by atoms with Gasteiger partial charge >= 0.3 is 5.97 Å². The molecule has 0 aromatic heterocycles. The average Bonchev–Trinajstić information content (AvgIpc) is 2.79. The fraction of sp³-hybridized carbons (Fsp3) is 0.417. The van der Waals surface area contributed by atoms with E-state index in [4.69, 9.17) is 14.2 Å². The highest BCUT2D eigenvalue weighted by atomic mass is 32.2. The van der Waals surface area contributed by atoms with Crippen LogP contribution in [-0.4, -0.2) is 53.2 Å². The molecule has 0 saturated heterocycles. The van der Waals surface area contributed by atoms with Crippen molar-refractivity contribution in [1.82, 2.24) is 10.0 Å². The van der Waals surface area contributed by atoms with Gasteiger partial charge in [-0.3, -0.25) is 4.79 Å². The molecule has 2 N–H and O–H groups in total. The summed E-state index contributed by atoms with van der Waals surface area (Å²) >= 11 is 0. The van der Waals surface area contributed by atoms with Crippen LogP contribution in [0.25, 0.3) is 0 Å². The molecular formula is C24H32N2O7S. The van der Waals surface area contributed by atoms with Gasteiger partial charge in [-0.2, -0.15) is 0 Å². The lowest BCUT2D eigenvalue weighted by Gasteiger charge is -2.13. The molecule has 9 nitrogen and oxygen atoms in total. The number of rotatable bonds is 13. The highest BCUT2D eigenvalue weighted by Crippen LogP contribution is 2.28. The molecule has 0 aliphatic carbocycles. The van der Waals surface area contributed by atoms with E-state index >= 15 is 0 Å². The van der Waals surface area contributed by atoms with Crippen molar-refractivity contribution in [3.8, 4) is 11.5 Å². The van der Waals surface area contributed by atoms with E-state index in [1.165, 1.54) is 18.2 Å². The van der Waals surface area contributed by atoms with Crippen molar-refractivity contribution in [3.05, 3.63) is 53.1 Å². The minimum absolute atomic E-state index is 0.0434. The Labute approximate surface area is 200 Å². The Morgan fingerprint density at radius 3 is 2.32 bits per heavy atom. The van der Waals surface area contributed by atoms with E-state index in [0.29, 0.717) is 43.2 Å². The smallest absolute Gasteiger partial charge is 0.338 e. The first kappa shape index (κ1) is 27.1. The van der Waals surface area contributed by atoms with E-state index in [1.807, 2.05) is 32.0 Å². The molecule has 2 aromatic carbocycles. The Morgan fingerprint density at radius 2 is 1.65 bits per heavy atom. The predicted molar refractivity (Wildman–Crippen MR) is 128 cm³/mol. The fourth-order valence-electron chi connectivity index (χ4n) is 3.12. The van der Waals surface area contributed by atoms with Crippen LogP contribution in [0.3, 0.4) is 0 Å². The van der Waals surface area contributed by atoms with Crippen molar-refractivity contribution in [2.75, 3.05) is 32.9 Å². The molecular weight excluding hydrogens is 460 g/mol. The molecule has 2 aromatic rings. The van der Waals surface area contributed by atoms with Gasteiger partial charge in [0.15, 0.2) is 18.1 Å². The molecule has 34 heavy (non-hydrogen) atoms. The first-order chi connectivity index (χ1) is 16.2. The van der Waals surface area contributed by atoms with Crippen molar-refractivity contribution in [2.24, 2.45) is 0 Å². The maximum atomic E-state index is 12.4. The predicted octanol–water partition coefficient (Wildman–Crippen LogP) is 2.61. The summed E-state index contributed by atoms with van der Waals surface area (Å²) in [6.07, 6.45) is 0.551. The molecule has 0 radical (unpaired) electrons. The van der Waals surface area contributed by atoms with Gasteiger partial charge in [-0.05, 0) is 62.6 Å². The van der Waals surface area contributed by atoms with Gasteiger partial charge in [-0.25, -0.2) is 17.9 Å². The van der Waals surface area contributed by atoms with Crippen LogP contribution in [-0.2, 0) is 26.0 Å². The number of esters is 1. The normalized spacial score (nSPS) is 11.1. The molecule has 186 valence electrons. The van der Waals surface area contributed by atoms with Gasteiger partial charge in [0.1, 0.15) is 0 Å². The molecule has 0 unspecified atom stereocenters. The third-order valence-electron chi connectivity index (χ3n) is 4.75. The van der Waals surface area contributed by atoms with Crippen LogP contribution < -0.4 is 19.5 Å². The average molecular weight is 493 g/mol. The standard InChI is InChI=1S/C24H32N2O7S/c1-5-26-34(29,30)19-10-8-17(4)20(15-19)24(28)33-16-23(27)25-13-12-18-9-11-21(31-6-2)22(14-18)32-7-3/h8-11,14-15,26H,5-7,12-13,16H2,1-4H3,(H,25,27). The molecule has 0 fully saturated rings. The summed E-state index contributed by atoms with van der Waals surface area (Å²) in [5.41, 5.74) is 1.59. The minimum atomic E-state index is -3.72. The largest absolute Gasteiger partial charge is 0.490 e. The minimum Gasteiger partial charge on any atom is -0.490 e. The van der Waals surface area contributed by atoms with Crippen LogP contribution in [0.5, 0.6) is 11.5 Å². The number of sulfonamides is 1. The van der Waals surface area contributed by atoms with Crippen molar-refractivity contribution >= 4 is 21.9 Å². The molecule has 0 aliphatic rings. The fourth-order valence-corrected chi connectivity index (χ4v) is 4.19. The summed E-state index contributed by atoms with van der Waals surface area (Å²) in [5.74, 6) is 0.0880. The van der Waals surface area contributed by atoms with Gasteiger partial charge in [-0.1, -0.05) is 19.1 Å². The molecule has 0 bridgehead atoms. The zero-order valence-corrected chi connectivity index (χ0v) is 20.8. The number of nitrogens with one attached hydrogen (secondary N) is 2. The number of aryl methyl sites for hydroxylation is 1. The van der Waals surface area contributed by atoms with Crippen molar-refractivity contribution in [2.45, 2.75) is 39.0 Å². The van der Waals surface area contributed by atoms with Gasteiger partial charge < -0.3 is 19.5 Å². The van der Waals surface area contributed by atoms with Gasteiger partial charge in [-0.15, -0.1) is 0 Å². The lowest BCUT2D eigenvalue weighted by atomic mass is 10.1. The highest BCUT2D eigenvalue weighted by molar-refractivity contribution is 7.89. The van der Waals surface area contributed by atoms with Gasteiger partial charge in [0.05, 0.1) is 23.7 Å². The third kappa shape index (κ3) is 7.74. The molecule has 1 amide bonds. The van der Waals surface area contributed by atoms with Crippen LogP contribution in [0.15, 0.2) is 41.3 Å². The van der Waals surface area contributed by atoms with Crippen molar-refractivity contribution in [1.29, 1.82) is 0 Å². The number of amides is 1. The number of hydrogen-bond acceptors (Lipinski definition) is 7.